The molecule has 0 saturated heterocycles. The Morgan fingerprint density at radius 3 is 2.68 bits per heavy atom. The molecule has 112 valence electrons. The topological polar surface area (TPSA) is 77.1 Å². The van der Waals surface area contributed by atoms with Crippen molar-refractivity contribution in [3.8, 4) is 0 Å². The summed E-state index contributed by atoms with van der Waals surface area (Å²) < 4.78 is 6.48. The minimum Gasteiger partial charge on any atom is -0.467 e. The van der Waals surface area contributed by atoms with Gasteiger partial charge in [0.05, 0.1) is 18.2 Å². The molecule has 0 aliphatic heterocycles. The Morgan fingerprint density at radius 2 is 2.00 bits per heavy atom. The van der Waals surface area contributed by atoms with E-state index >= 15 is 0 Å². The van der Waals surface area contributed by atoms with Gasteiger partial charge in [-0.1, -0.05) is 18.2 Å². The first-order chi connectivity index (χ1) is 10.7. The minimum atomic E-state index is -0.338. The smallest absolute Gasteiger partial charge is 0.274 e. The molecule has 0 aliphatic rings. The second-order valence-electron chi connectivity index (χ2n) is 4.78. The summed E-state index contributed by atoms with van der Waals surface area (Å²) in [5.74, 6) is 0.316. The van der Waals surface area contributed by atoms with Gasteiger partial charge in [0.1, 0.15) is 5.76 Å². The highest BCUT2D eigenvalue weighted by atomic mass is 16.3. The standard InChI is InChI=1S/C16H15N3O3/c1-2-19-16(21)13-8-4-3-7-12(13)14(18-19)15(20)17-10-11-6-5-9-22-11/h3-9H,2,10H2,1H3,(H,17,20). The van der Waals surface area contributed by atoms with Gasteiger partial charge in [0.25, 0.3) is 11.5 Å². The van der Waals surface area contributed by atoms with Crippen molar-refractivity contribution in [3.05, 3.63) is 64.5 Å². The van der Waals surface area contributed by atoms with E-state index in [4.69, 9.17) is 4.42 Å². The number of hydrogen-bond acceptors (Lipinski definition) is 4. The van der Waals surface area contributed by atoms with Gasteiger partial charge in [0, 0.05) is 11.9 Å². The van der Waals surface area contributed by atoms with Crippen molar-refractivity contribution in [1.29, 1.82) is 0 Å². The number of hydrogen-bond donors (Lipinski definition) is 1. The van der Waals surface area contributed by atoms with Crippen molar-refractivity contribution < 1.29 is 9.21 Å². The number of amides is 1. The van der Waals surface area contributed by atoms with Crippen LogP contribution in [0.15, 0.2) is 51.9 Å². The highest BCUT2D eigenvalue weighted by molar-refractivity contribution is 6.04. The summed E-state index contributed by atoms with van der Waals surface area (Å²) >= 11 is 0. The van der Waals surface area contributed by atoms with Gasteiger partial charge in [0.15, 0.2) is 5.69 Å². The number of aromatic nitrogens is 2. The molecule has 0 atom stereocenters. The number of fused-ring (bicyclic) bond motifs is 1. The largest absolute Gasteiger partial charge is 0.467 e. The summed E-state index contributed by atoms with van der Waals surface area (Å²) in [6.07, 6.45) is 1.55. The predicted molar refractivity (Wildman–Crippen MR) is 81.6 cm³/mol. The summed E-state index contributed by atoms with van der Waals surface area (Å²) in [5.41, 5.74) is 0.0456. The third-order valence-corrected chi connectivity index (χ3v) is 3.39. The highest BCUT2D eigenvalue weighted by Crippen LogP contribution is 2.13. The lowest BCUT2D eigenvalue weighted by Crippen LogP contribution is -2.30. The zero-order valence-corrected chi connectivity index (χ0v) is 12.1. The van der Waals surface area contributed by atoms with Crippen LogP contribution in [0.1, 0.15) is 23.2 Å². The monoisotopic (exact) mass is 297 g/mol. The van der Waals surface area contributed by atoms with Gasteiger partial charge in [-0.15, -0.1) is 0 Å². The molecule has 0 unspecified atom stereocenters. The molecule has 0 bridgehead atoms. The number of nitrogens with one attached hydrogen (secondary N) is 1. The fourth-order valence-electron chi connectivity index (χ4n) is 2.28. The zero-order chi connectivity index (χ0) is 15.5. The van der Waals surface area contributed by atoms with Crippen LogP contribution in [0.25, 0.3) is 10.8 Å². The second-order valence-corrected chi connectivity index (χ2v) is 4.78. The van der Waals surface area contributed by atoms with Crippen molar-refractivity contribution in [2.24, 2.45) is 0 Å². The van der Waals surface area contributed by atoms with Gasteiger partial charge in [-0.3, -0.25) is 9.59 Å². The molecule has 6 nitrogen and oxygen atoms in total. The van der Waals surface area contributed by atoms with Gasteiger partial charge >= 0.3 is 0 Å². The lowest BCUT2D eigenvalue weighted by molar-refractivity contribution is 0.0942. The van der Waals surface area contributed by atoms with Gasteiger partial charge in [-0.25, -0.2) is 4.68 Å². The van der Waals surface area contributed by atoms with Crippen molar-refractivity contribution in [2.75, 3.05) is 0 Å². The number of carbonyl (C=O) groups excluding carboxylic acids is 1. The van der Waals surface area contributed by atoms with Crippen LogP contribution in [-0.4, -0.2) is 15.7 Å². The van der Waals surface area contributed by atoms with Crippen LogP contribution in [0.2, 0.25) is 0 Å². The maximum Gasteiger partial charge on any atom is 0.274 e. The Labute approximate surface area is 126 Å². The van der Waals surface area contributed by atoms with Crippen molar-refractivity contribution in [2.45, 2.75) is 20.0 Å². The number of aryl methyl sites for hydroxylation is 1. The number of rotatable bonds is 4. The van der Waals surface area contributed by atoms with E-state index < -0.39 is 0 Å². The molecule has 1 N–H and O–H groups in total. The second kappa shape index (κ2) is 5.85. The summed E-state index contributed by atoms with van der Waals surface area (Å²) in [7, 11) is 0. The summed E-state index contributed by atoms with van der Waals surface area (Å²) in [4.78, 5) is 24.6. The Kier molecular flexibility index (Phi) is 3.74. The van der Waals surface area contributed by atoms with Crippen LogP contribution in [0.4, 0.5) is 0 Å². The molecule has 2 aromatic heterocycles. The molecular weight excluding hydrogens is 282 g/mol. The van der Waals surface area contributed by atoms with Gasteiger partial charge in [-0.05, 0) is 25.1 Å². The summed E-state index contributed by atoms with van der Waals surface area (Å²) in [6.45, 7) is 2.49. The van der Waals surface area contributed by atoms with E-state index in [9.17, 15) is 9.59 Å². The molecule has 2 heterocycles. The van der Waals surface area contributed by atoms with Gasteiger partial charge in [0.2, 0.25) is 0 Å². The van der Waals surface area contributed by atoms with E-state index in [0.29, 0.717) is 23.1 Å². The quantitative estimate of drug-likeness (QED) is 0.798. The SMILES string of the molecule is CCn1nc(C(=O)NCc2ccco2)c2ccccc2c1=O. The van der Waals surface area contributed by atoms with E-state index in [0.717, 1.165) is 0 Å². The van der Waals surface area contributed by atoms with Crippen molar-refractivity contribution in [3.63, 3.8) is 0 Å². The Bertz CT molecular complexity index is 866. The van der Waals surface area contributed by atoms with Crippen molar-refractivity contribution >= 4 is 16.7 Å². The van der Waals surface area contributed by atoms with E-state index in [1.54, 1.807) is 42.7 Å². The van der Waals surface area contributed by atoms with Crippen LogP contribution in [-0.2, 0) is 13.1 Å². The van der Waals surface area contributed by atoms with E-state index in [-0.39, 0.29) is 23.7 Å². The van der Waals surface area contributed by atoms with Crippen LogP contribution >= 0.6 is 0 Å². The first kappa shape index (κ1) is 14.1. The molecule has 0 aliphatic carbocycles. The van der Waals surface area contributed by atoms with E-state index in [1.807, 2.05) is 6.92 Å². The number of carbonyl (C=O) groups is 1. The van der Waals surface area contributed by atoms with Crippen LogP contribution in [0.5, 0.6) is 0 Å². The average Bonchev–Trinajstić information content (AvgIpc) is 3.07. The van der Waals surface area contributed by atoms with Crippen LogP contribution in [0, 0.1) is 0 Å². The fraction of sp³-hybridized carbons (Fsp3) is 0.188. The first-order valence-electron chi connectivity index (χ1n) is 7.01. The van der Waals surface area contributed by atoms with E-state index in [1.165, 1.54) is 4.68 Å². The number of nitrogens with zero attached hydrogens (tertiary/aromatic N) is 2. The Balaban J connectivity index is 2.00. The van der Waals surface area contributed by atoms with Gasteiger partial charge in [-0.2, -0.15) is 5.10 Å². The van der Waals surface area contributed by atoms with Crippen LogP contribution in [0.3, 0.4) is 0 Å². The molecular formula is C16H15N3O3. The third-order valence-electron chi connectivity index (χ3n) is 3.39. The Hall–Kier alpha value is -2.89. The predicted octanol–water partition coefficient (Wildman–Crippen LogP) is 1.94. The molecule has 0 radical (unpaired) electrons. The molecule has 0 spiro atoms. The molecule has 0 fully saturated rings. The third kappa shape index (κ3) is 2.50. The number of benzene rings is 1. The average molecular weight is 297 g/mol. The molecule has 6 heteroatoms. The van der Waals surface area contributed by atoms with E-state index in [2.05, 4.69) is 10.4 Å². The normalized spacial score (nSPS) is 10.8. The van der Waals surface area contributed by atoms with Crippen molar-refractivity contribution in [1.82, 2.24) is 15.1 Å². The fourth-order valence-corrected chi connectivity index (χ4v) is 2.28. The molecule has 0 saturated carbocycles. The molecule has 1 amide bonds. The lowest BCUT2D eigenvalue weighted by Gasteiger charge is -2.09. The van der Waals surface area contributed by atoms with Gasteiger partial charge < -0.3 is 9.73 Å². The molecule has 1 aromatic carbocycles. The Morgan fingerprint density at radius 1 is 1.23 bits per heavy atom. The molecule has 3 aromatic rings. The first-order valence-corrected chi connectivity index (χ1v) is 7.01. The summed E-state index contributed by atoms with van der Waals surface area (Å²) in [5, 5.41) is 7.97. The molecule has 3 rings (SSSR count). The maximum atomic E-state index is 12.4. The molecule has 22 heavy (non-hydrogen) atoms. The maximum absolute atomic E-state index is 12.4. The van der Waals surface area contributed by atoms with Crippen LogP contribution < -0.4 is 10.9 Å². The number of furan rings is 1. The zero-order valence-electron chi connectivity index (χ0n) is 12.1. The highest BCUT2D eigenvalue weighted by Gasteiger charge is 2.16. The summed E-state index contributed by atoms with van der Waals surface area (Å²) in [6, 6.07) is 10.5. The minimum absolute atomic E-state index is 0.194. The lowest BCUT2D eigenvalue weighted by atomic mass is 10.1.